The molecular formula is C15H23N3O. The molecule has 0 aromatic heterocycles. The second-order valence-electron chi connectivity index (χ2n) is 4.30. The Morgan fingerprint density at radius 2 is 2.11 bits per heavy atom. The van der Waals surface area contributed by atoms with Crippen LogP contribution < -0.4 is 10.1 Å². The van der Waals surface area contributed by atoms with Crippen molar-refractivity contribution >= 4 is 0 Å². The Morgan fingerprint density at radius 1 is 1.32 bits per heavy atom. The zero-order valence-corrected chi connectivity index (χ0v) is 11.9. The summed E-state index contributed by atoms with van der Waals surface area (Å²) in [6.07, 6.45) is 0. The van der Waals surface area contributed by atoms with Gasteiger partial charge in [0.15, 0.2) is 6.61 Å². The molecule has 1 aromatic rings. The van der Waals surface area contributed by atoms with Gasteiger partial charge in [-0.05, 0) is 30.8 Å². The van der Waals surface area contributed by atoms with Gasteiger partial charge in [0.05, 0.1) is 0 Å². The first-order chi connectivity index (χ1) is 9.30. The predicted octanol–water partition coefficient (Wildman–Crippen LogP) is 2.02. The predicted molar refractivity (Wildman–Crippen MR) is 77.0 cm³/mol. The zero-order chi connectivity index (χ0) is 13.9. The molecule has 0 unspecified atom stereocenters. The van der Waals surface area contributed by atoms with Crippen LogP contribution in [0.5, 0.6) is 5.75 Å². The molecule has 0 bridgehead atoms. The molecule has 0 saturated carbocycles. The molecule has 1 N–H and O–H groups in total. The summed E-state index contributed by atoms with van der Waals surface area (Å²) in [4.78, 5) is 2.39. The lowest BCUT2D eigenvalue weighted by Gasteiger charge is -2.18. The molecule has 0 radical (unpaired) electrons. The minimum atomic E-state index is 0.0961. The van der Waals surface area contributed by atoms with E-state index in [1.165, 1.54) is 5.56 Å². The van der Waals surface area contributed by atoms with Crippen LogP contribution in [0.2, 0.25) is 0 Å². The van der Waals surface area contributed by atoms with Crippen molar-refractivity contribution in [3.8, 4) is 11.8 Å². The van der Waals surface area contributed by atoms with Crippen molar-refractivity contribution in [2.75, 3.05) is 32.8 Å². The highest BCUT2D eigenvalue weighted by atomic mass is 16.5. The van der Waals surface area contributed by atoms with Crippen molar-refractivity contribution < 1.29 is 4.74 Å². The van der Waals surface area contributed by atoms with Crippen LogP contribution in [-0.2, 0) is 6.54 Å². The summed E-state index contributed by atoms with van der Waals surface area (Å²) in [7, 11) is 0. The molecule has 0 fully saturated rings. The fourth-order valence-corrected chi connectivity index (χ4v) is 1.87. The van der Waals surface area contributed by atoms with E-state index in [4.69, 9.17) is 10.00 Å². The van der Waals surface area contributed by atoms with Crippen molar-refractivity contribution in [3.63, 3.8) is 0 Å². The summed E-state index contributed by atoms with van der Waals surface area (Å²) < 4.78 is 5.28. The van der Waals surface area contributed by atoms with Gasteiger partial charge < -0.3 is 15.0 Å². The van der Waals surface area contributed by atoms with Crippen LogP contribution in [0.15, 0.2) is 24.3 Å². The minimum Gasteiger partial charge on any atom is -0.479 e. The first-order valence-electron chi connectivity index (χ1n) is 6.81. The second kappa shape index (κ2) is 9.37. The third-order valence-corrected chi connectivity index (χ3v) is 3.03. The first kappa shape index (κ1) is 15.5. The maximum atomic E-state index is 8.48. The van der Waals surface area contributed by atoms with Crippen LogP contribution in [0.4, 0.5) is 0 Å². The average Bonchev–Trinajstić information content (AvgIpc) is 2.46. The van der Waals surface area contributed by atoms with Gasteiger partial charge in [0.2, 0.25) is 0 Å². The molecule has 4 heteroatoms. The van der Waals surface area contributed by atoms with Crippen molar-refractivity contribution in [1.82, 2.24) is 10.2 Å². The number of hydrogen-bond donors (Lipinski definition) is 1. The maximum absolute atomic E-state index is 8.48. The number of benzene rings is 1. The smallest absolute Gasteiger partial charge is 0.174 e. The van der Waals surface area contributed by atoms with Gasteiger partial charge in [-0.2, -0.15) is 5.26 Å². The molecule has 104 valence electrons. The van der Waals surface area contributed by atoms with Crippen molar-refractivity contribution in [3.05, 3.63) is 29.8 Å². The highest BCUT2D eigenvalue weighted by molar-refractivity contribution is 5.28. The lowest BCUT2D eigenvalue weighted by atomic mass is 10.2. The Morgan fingerprint density at radius 3 is 2.79 bits per heavy atom. The van der Waals surface area contributed by atoms with E-state index in [9.17, 15) is 0 Å². The summed E-state index contributed by atoms with van der Waals surface area (Å²) in [6, 6.07) is 9.83. The number of ether oxygens (including phenoxy) is 1. The Bertz CT molecular complexity index is 397. The number of hydrogen-bond acceptors (Lipinski definition) is 4. The molecule has 0 aliphatic carbocycles. The SMILES string of the molecule is CCN(CC)CCNCc1cccc(OCC#N)c1. The molecule has 0 heterocycles. The van der Waals surface area contributed by atoms with Gasteiger partial charge >= 0.3 is 0 Å². The average molecular weight is 261 g/mol. The number of likely N-dealkylation sites (N-methyl/N-ethyl adjacent to an activating group) is 1. The van der Waals surface area contributed by atoms with Crippen molar-refractivity contribution in [1.29, 1.82) is 5.26 Å². The Kier molecular flexibility index (Phi) is 7.64. The quantitative estimate of drug-likeness (QED) is 0.691. The third-order valence-electron chi connectivity index (χ3n) is 3.03. The van der Waals surface area contributed by atoms with Gasteiger partial charge in [-0.15, -0.1) is 0 Å². The lowest BCUT2D eigenvalue weighted by molar-refractivity contribution is 0.302. The molecule has 0 saturated heterocycles. The standard InChI is InChI=1S/C15H23N3O/c1-3-18(4-2)10-9-17-13-14-6-5-7-15(12-14)19-11-8-16/h5-7,12,17H,3-4,9-11,13H2,1-2H3. The Labute approximate surface area is 116 Å². The molecule has 0 amide bonds. The van der Waals surface area contributed by atoms with Crippen molar-refractivity contribution in [2.24, 2.45) is 0 Å². The van der Waals surface area contributed by atoms with Crippen LogP contribution in [0.1, 0.15) is 19.4 Å². The van der Waals surface area contributed by atoms with Crippen LogP contribution in [0, 0.1) is 11.3 Å². The van der Waals surface area contributed by atoms with Crippen LogP contribution in [0.3, 0.4) is 0 Å². The lowest BCUT2D eigenvalue weighted by Crippen LogP contribution is -2.31. The van der Waals surface area contributed by atoms with Crippen LogP contribution in [0.25, 0.3) is 0 Å². The third kappa shape index (κ3) is 6.23. The molecule has 0 spiro atoms. The van der Waals surface area contributed by atoms with E-state index in [0.717, 1.165) is 38.5 Å². The maximum Gasteiger partial charge on any atom is 0.174 e. The van der Waals surface area contributed by atoms with Crippen LogP contribution >= 0.6 is 0 Å². The van der Waals surface area contributed by atoms with E-state index in [1.54, 1.807) is 0 Å². The molecule has 4 nitrogen and oxygen atoms in total. The minimum absolute atomic E-state index is 0.0961. The molecule has 0 atom stereocenters. The van der Waals surface area contributed by atoms with E-state index in [-0.39, 0.29) is 6.61 Å². The fourth-order valence-electron chi connectivity index (χ4n) is 1.87. The molecule has 1 rings (SSSR count). The number of nitrogens with zero attached hydrogens (tertiary/aromatic N) is 2. The van der Waals surface area contributed by atoms with E-state index in [0.29, 0.717) is 0 Å². The highest BCUT2D eigenvalue weighted by Crippen LogP contribution is 2.12. The highest BCUT2D eigenvalue weighted by Gasteiger charge is 1.99. The normalized spacial score (nSPS) is 10.4. The van der Waals surface area contributed by atoms with Gasteiger partial charge in [0, 0.05) is 19.6 Å². The van der Waals surface area contributed by atoms with Crippen molar-refractivity contribution in [2.45, 2.75) is 20.4 Å². The van der Waals surface area contributed by atoms with Gasteiger partial charge in [0.25, 0.3) is 0 Å². The second-order valence-corrected chi connectivity index (χ2v) is 4.30. The van der Waals surface area contributed by atoms with Gasteiger partial charge in [-0.1, -0.05) is 26.0 Å². The zero-order valence-electron chi connectivity index (χ0n) is 11.9. The number of nitriles is 1. The summed E-state index contributed by atoms with van der Waals surface area (Å²) in [5, 5.41) is 11.9. The number of rotatable bonds is 9. The summed E-state index contributed by atoms with van der Waals surface area (Å²) in [5.41, 5.74) is 1.18. The Hall–Kier alpha value is -1.57. The summed E-state index contributed by atoms with van der Waals surface area (Å²) in [5.74, 6) is 0.754. The molecule has 0 aliphatic heterocycles. The monoisotopic (exact) mass is 261 g/mol. The van der Waals surface area contributed by atoms with E-state index in [1.807, 2.05) is 24.3 Å². The summed E-state index contributed by atoms with van der Waals surface area (Å²) >= 11 is 0. The topological polar surface area (TPSA) is 48.3 Å². The Balaban J connectivity index is 2.31. The van der Waals surface area contributed by atoms with Gasteiger partial charge in [-0.3, -0.25) is 0 Å². The first-order valence-corrected chi connectivity index (χ1v) is 6.81. The van der Waals surface area contributed by atoms with Gasteiger partial charge in [0.1, 0.15) is 11.8 Å². The molecular weight excluding hydrogens is 238 g/mol. The van der Waals surface area contributed by atoms with E-state index < -0.39 is 0 Å². The van der Waals surface area contributed by atoms with Gasteiger partial charge in [-0.25, -0.2) is 0 Å². The largest absolute Gasteiger partial charge is 0.479 e. The molecule has 0 aliphatic rings. The molecule has 19 heavy (non-hydrogen) atoms. The van der Waals surface area contributed by atoms with E-state index >= 15 is 0 Å². The molecule has 1 aromatic carbocycles. The summed E-state index contributed by atoms with van der Waals surface area (Å²) in [6.45, 7) is 9.51. The number of nitrogens with one attached hydrogen (secondary N) is 1. The van der Waals surface area contributed by atoms with Crippen LogP contribution in [-0.4, -0.2) is 37.7 Å². The van der Waals surface area contributed by atoms with E-state index in [2.05, 4.69) is 30.1 Å². The fraction of sp³-hybridized carbons (Fsp3) is 0.533.